The molecule has 0 aliphatic rings. The van der Waals surface area contributed by atoms with E-state index >= 15 is 0 Å². The fourth-order valence-corrected chi connectivity index (χ4v) is 4.04. The Labute approximate surface area is 179 Å². The van der Waals surface area contributed by atoms with E-state index in [4.69, 9.17) is 4.74 Å². The number of rotatable bonds is 11. The van der Waals surface area contributed by atoms with Gasteiger partial charge in [0.2, 0.25) is 0 Å². The van der Waals surface area contributed by atoms with Crippen LogP contribution in [-0.4, -0.2) is 51.5 Å². The molecule has 0 aliphatic heterocycles. The van der Waals surface area contributed by atoms with Gasteiger partial charge in [-0.15, -0.1) is 0 Å². The van der Waals surface area contributed by atoms with Crippen LogP contribution in [0.15, 0.2) is 53.4 Å². The van der Waals surface area contributed by atoms with Gasteiger partial charge >= 0.3 is 0 Å². The lowest BCUT2D eigenvalue weighted by Crippen LogP contribution is -2.38. The van der Waals surface area contributed by atoms with Crippen LogP contribution < -0.4 is 14.8 Å². The minimum atomic E-state index is -3.72. The Morgan fingerprint density at radius 2 is 1.67 bits per heavy atom. The summed E-state index contributed by atoms with van der Waals surface area (Å²) in [6.45, 7) is 11.0. The van der Waals surface area contributed by atoms with Crippen molar-refractivity contribution < 1.29 is 17.9 Å². The number of ether oxygens (including phenoxy) is 1. The van der Waals surface area contributed by atoms with E-state index in [0.29, 0.717) is 36.2 Å². The number of hydrogen-bond acceptors (Lipinski definition) is 5. The van der Waals surface area contributed by atoms with Crippen LogP contribution in [0.2, 0.25) is 0 Å². The summed E-state index contributed by atoms with van der Waals surface area (Å²) in [6.07, 6.45) is 0. The van der Waals surface area contributed by atoms with Crippen molar-refractivity contribution >= 4 is 21.6 Å². The van der Waals surface area contributed by atoms with E-state index in [2.05, 4.69) is 35.7 Å². The van der Waals surface area contributed by atoms with Crippen LogP contribution in [0, 0.1) is 0 Å². The lowest BCUT2D eigenvalue weighted by molar-refractivity contribution is 0.0946. The Balaban J connectivity index is 1.95. The molecule has 0 radical (unpaired) electrons. The van der Waals surface area contributed by atoms with Gasteiger partial charge in [0.05, 0.1) is 11.5 Å². The van der Waals surface area contributed by atoms with Crippen LogP contribution in [0.1, 0.15) is 38.1 Å². The Morgan fingerprint density at radius 1 is 1.03 bits per heavy atom. The number of benzene rings is 2. The molecule has 2 aromatic rings. The number of carbonyl (C=O) groups excluding carboxylic acids is 1. The molecule has 0 heterocycles. The van der Waals surface area contributed by atoms with Crippen LogP contribution in [0.5, 0.6) is 5.75 Å². The van der Waals surface area contributed by atoms with Crippen molar-refractivity contribution in [2.45, 2.75) is 38.6 Å². The first-order chi connectivity index (χ1) is 14.3. The summed E-state index contributed by atoms with van der Waals surface area (Å²) in [5, 5.41) is 2.90. The van der Waals surface area contributed by atoms with Gasteiger partial charge in [-0.25, -0.2) is 8.42 Å². The molecule has 1 amide bonds. The third-order valence-electron chi connectivity index (χ3n) is 4.67. The minimum absolute atomic E-state index is 0.137. The topological polar surface area (TPSA) is 87.7 Å². The second-order valence-corrected chi connectivity index (χ2v) is 8.75. The number of amides is 1. The molecule has 30 heavy (non-hydrogen) atoms. The smallest absolute Gasteiger partial charge is 0.261 e. The van der Waals surface area contributed by atoms with Gasteiger partial charge in [0.15, 0.2) is 0 Å². The second kappa shape index (κ2) is 11.0. The summed E-state index contributed by atoms with van der Waals surface area (Å²) < 4.78 is 32.9. The van der Waals surface area contributed by atoms with Crippen LogP contribution in [0.25, 0.3) is 0 Å². The predicted octanol–water partition coefficient (Wildman–Crippen LogP) is 3.35. The van der Waals surface area contributed by atoms with Crippen molar-refractivity contribution in [2.75, 3.05) is 31.0 Å². The maximum absolute atomic E-state index is 12.5. The highest BCUT2D eigenvalue weighted by atomic mass is 32.2. The Hall–Kier alpha value is -2.58. The first kappa shape index (κ1) is 23.7. The monoisotopic (exact) mass is 433 g/mol. The number of anilines is 1. The quantitative estimate of drug-likeness (QED) is 0.567. The average molecular weight is 434 g/mol. The molecule has 0 aliphatic carbocycles. The molecule has 7 nitrogen and oxygen atoms in total. The highest BCUT2D eigenvalue weighted by Crippen LogP contribution is 2.19. The highest BCUT2D eigenvalue weighted by Gasteiger charge is 2.15. The van der Waals surface area contributed by atoms with E-state index in [0.717, 1.165) is 13.1 Å². The number of nitrogens with zero attached hydrogens (tertiary/aromatic N) is 1. The van der Waals surface area contributed by atoms with Gasteiger partial charge in [0.25, 0.3) is 15.9 Å². The summed E-state index contributed by atoms with van der Waals surface area (Å²) in [4.78, 5) is 14.7. The van der Waals surface area contributed by atoms with Crippen molar-refractivity contribution in [3.05, 3.63) is 54.1 Å². The lowest BCUT2D eigenvalue weighted by Gasteiger charge is -2.24. The Bertz CT molecular complexity index is 910. The molecule has 8 heteroatoms. The second-order valence-electron chi connectivity index (χ2n) is 7.07. The molecule has 0 saturated heterocycles. The van der Waals surface area contributed by atoms with Gasteiger partial charge in [-0.2, -0.15) is 0 Å². The molecule has 2 N–H and O–H groups in total. The van der Waals surface area contributed by atoms with E-state index in [9.17, 15) is 13.2 Å². The predicted molar refractivity (Wildman–Crippen MR) is 120 cm³/mol. The summed E-state index contributed by atoms with van der Waals surface area (Å²) in [6, 6.07) is 13.0. The Kier molecular flexibility index (Phi) is 8.68. The van der Waals surface area contributed by atoms with Gasteiger partial charge in [-0.1, -0.05) is 6.92 Å². The zero-order chi connectivity index (χ0) is 22.1. The largest absolute Gasteiger partial charge is 0.494 e. The maximum atomic E-state index is 12.5. The van der Waals surface area contributed by atoms with Crippen LogP contribution in [0.3, 0.4) is 0 Å². The molecule has 2 rings (SSSR count). The molecule has 0 saturated carbocycles. The van der Waals surface area contributed by atoms with Crippen molar-refractivity contribution in [3.8, 4) is 5.75 Å². The van der Waals surface area contributed by atoms with Crippen molar-refractivity contribution in [1.82, 2.24) is 10.2 Å². The maximum Gasteiger partial charge on any atom is 0.261 e. The summed E-state index contributed by atoms with van der Waals surface area (Å²) >= 11 is 0. The molecule has 164 valence electrons. The van der Waals surface area contributed by atoms with Gasteiger partial charge in [-0.3, -0.25) is 14.4 Å². The first-order valence-corrected chi connectivity index (χ1v) is 11.6. The van der Waals surface area contributed by atoms with Gasteiger partial charge in [-0.05, 0) is 75.8 Å². The summed E-state index contributed by atoms with van der Waals surface area (Å²) in [7, 11) is -3.72. The lowest BCUT2D eigenvalue weighted by atomic mass is 10.2. The molecule has 2 aromatic carbocycles. The number of carbonyl (C=O) groups is 1. The van der Waals surface area contributed by atoms with E-state index in [1.54, 1.807) is 36.4 Å². The van der Waals surface area contributed by atoms with Gasteiger partial charge in [0, 0.05) is 30.4 Å². The van der Waals surface area contributed by atoms with Crippen molar-refractivity contribution in [3.63, 3.8) is 0 Å². The van der Waals surface area contributed by atoms with E-state index < -0.39 is 10.0 Å². The molecular weight excluding hydrogens is 402 g/mol. The molecule has 0 unspecified atom stereocenters. The number of hydrogen-bond donors (Lipinski definition) is 2. The summed E-state index contributed by atoms with van der Waals surface area (Å²) in [5.41, 5.74) is 0.865. The fourth-order valence-electron chi connectivity index (χ4n) is 2.98. The molecule has 0 aromatic heterocycles. The third-order valence-corrected chi connectivity index (χ3v) is 6.06. The first-order valence-electron chi connectivity index (χ1n) is 10.1. The fraction of sp³-hybridized carbons (Fsp3) is 0.409. The molecule has 0 fully saturated rings. The molecule has 0 atom stereocenters. The number of nitrogens with one attached hydrogen (secondary N) is 2. The standard InChI is InChI=1S/C22H31N3O4S/c1-5-25(17(3)4)16-15-23-22(26)18-7-9-19(10-8-18)24-30(27,28)21-13-11-20(12-14-21)29-6-2/h7-14,17,24H,5-6,15-16H2,1-4H3,(H,23,26). The summed E-state index contributed by atoms with van der Waals surface area (Å²) in [5.74, 6) is 0.429. The van der Waals surface area contributed by atoms with E-state index in [-0.39, 0.29) is 10.8 Å². The molecule has 0 spiro atoms. The minimum Gasteiger partial charge on any atom is -0.494 e. The van der Waals surface area contributed by atoms with Crippen LogP contribution >= 0.6 is 0 Å². The van der Waals surface area contributed by atoms with E-state index in [1.165, 1.54) is 12.1 Å². The van der Waals surface area contributed by atoms with Crippen LogP contribution in [-0.2, 0) is 10.0 Å². The van der Waals surface area contributed by atoms with Gasteiger partial charge in [0.1, 0.15) is 5.75 Å². The highest BCUT2D eigenvalue weighted by molar-refractivity contribution is 7.92. The zero-order valence-corrected chi connectivity index (χ0v) is 18.8. The third kappa shape index (κ3) is 6.74. The normalized spacial score (nSPS) is 11.5. The van der Waals surface area contributed by atoms with Crippen LogP contribution in [0.4, 0.5) is 5.69 Å². The van der Waals surface area contributed by atoms with Crippen molar-refractivity contribution in [1.29, 1.82) is 0 Å². The average Bonchev–Trinajstić information content (AvgIpc) is 2.71. The molecule has 0 bridgehead atoms. The number of sulfonamides is 1. The van der Waals surface area contributed by atoms with Gasteiger partial charge < -0.3 is 10.1 Å². The zero-order valence-electron chi connectivity index (χ0n) is 18.0. The SMILES string of the molecule is CCOc1ccc(S(=O)(=O)Nc2ccc(C(=O)NCCN(CC)C(C)C)cc2)cc1. The molecular formula is C22H31N3O4S. The number of likely N-dealkylation sites (N-methyl/N-ethyl adjacent to an activating group) is 1. The van der Waals surface area contributed by atoms with E-state index in [1.807, 2.05) is 6.92 Å². The van der Waals surface area contributed by atoms with Crippen molar-refractivity contribution in [2.24, 2.45) is 0 Å². The Morgan fingerprint density at radius 3 is 2.20 bits per heavy atom.